The number of hydrogen-bond acceptors (Lipinski definition) is 2. The molecule has 1 aliphatic carbocycles. The Labute approximate surface area is 91.1 Å². The molecule has 2 nitrogen and oxygen atoms in total. The van der Waals surface area contributed by atoms with Gasteiger partial charge in [0.15, 0.2) is 0 Å². The zero-order valence-electron chi connectivity index (χ0n) is 7.71. The maximum atomic E-state index is 12.5. The second-order valence-electron chi connectivity index (χ2n) is 3.55. The highest BCUT2D eigenvalue weighted by Crippen LogP contribution is 2.46. The molecule has 0 saturated heterocycles. The van der Waals surface area contributed by atoms with Gasteiger partial charge in [0, 0.05) is 17.3 Å². The molecule has 6 heteroatoms. The van der Waals surface area contributed by atoms with Crippen molar-refractivity contribution < 1.29 is 13.2 Å². The van der Waals surface area contributed by atoms with Gasteiger partial charge in [-0.25, -0.2) is 0 Å². The molecule has 1 aromatic heterocycles. The molecule has 84 valence electrons. The van der Waals surface area contributed by atoms with Gasteiger partial charge in [0.25, 0.3) is 0 Å². The van der Waals surface area contributed by atoms with Crippen molar-refractivity contribution in [2.75, 3.05) is 0 Å². The van der Waals surface area contributed by atoms with Crippen LogP contribution in [0.1, 0.15) is 24.1 Å². The number of alkyl halides is 3. The van der Waals surface area contributed by atoms with E-state index in [-0.39, 0.29) is 18.0 Å². The van der Waals surface area contributed by atoms with Gasteiger partial charge in [0.05, 0.1) is 0 Å². The van der Waals surface area contributed by atoms with Gasteiger partial charge in [-0.15, -0.1) is 12.4 Å². The molecule has 1 fully saturated rings. The molecule has 15 heavy (non-hydrogen) atoms. The smallest absolute Gasteiger partial charge is 0.321 e. The van der Waals surface area contributed by atoms with E-state index in [2.05, 4.69) is 4.98 Å². The molecular formula is C9H10ClF3N2. The average molecular weight is 239 g/mol. The topological polar surface area (TPSA) is 38.9 Å². The predicted molar refractivity (Wildman–Crippen MR) is 51.6 cm³/mol. The molecule has 0 aromatic carbocycles. The first-order chi connectivity index (χ1) is 6.43. The Balaban J connectivity index is 0.00000112. The van der Waals surface area contributed by atoms with Gasteiger partial charge >= 0.3 is 6.18 Å². The summed E-state index contributed by atoms with van der Waals surface area (Å²) in [6, 6.07) is 2.89. The Hall–Kier alpha value is -0.810. The van der Waals surface area contributed by atoms with E-state index in [0.717, 1.165) is 6.20 Å². The second kappa shape index (κ2) is 3.64. The van der Waals surface area contributed by atoms with Crippen LogP contribution < -0.4 is 5.73 Å². The number of pyridine rings is 1. The fraction of sp³-hybridized carbons (Fsp3) is 0.444. The second-order valence-corrected chi connectivity index (χ2v) is 3.55. The van der Waals surface area contributed by atoms with Crippen LogP contribution in [0.2, 0.25) is 0 Å². The first-order valence-corrected chi connectivity index (χ1v) is 4.25. The zero-order chi connectivity index (χ0) is 10.4. The molecule has 1 heterocycles. The van der Waals surface area contributed by atoms with Gasteiger partial charge in [-0.1, -0.05) is 6.07 Å². The Morgan fingerprint density at radius 3 is 2.40 bits per heavy atom. The Morgan fingerprint density at radius 1 is 1.33 bits per heavy atom. The lowest BCUT2D eigenvalue weighted by molar-refractivity contribution is -0.142. The average Bonchev–Trinajstić information content (AvgIpc) is 2.84. The van der Waals surface area contributed by atoms with E-state index >= 15 is 0 Å². The summed E-state index contributed by atoms with van der Waals surface area (Å²) < 4.78 is 37.5. The van der Waals surface area contributed by atoms with E-state index in [4.69, 9.17) is 5.73 Å². The fourth-order valence-corrected chi connectivity index (χ4v) is 1.44. The number of halogens is 4. The van der Waals surface area contributed by atoms with Crippen molar-refractivity contribution in [1.29, 1.82) is 0 Å². The summed E-state index contributed by atoms with van der Waals surface area (Å²) in [6.07, 6.45) is -2.08. The summed E-state index contributed by atoms with van der Waals surface area (Å²) in [6.45, 7) is 0. The Bertz CT molecular complexity index is 336. The van der Waals surface area contributed by atoms with Gasteiger partial charge in [-0.3, -0.25) is 4.98 Å². The largest absolute Gasteiger partial charge is 0.433 e. The molecule has 1 saturated carbocycles. The Kier molecular flexibility index (Phi) is 2.98. The number of aromatic nitrogens is 1. The fourth-order valence-electron chi connectivity index (χ4n) is 1.44. The molecule has 0 unspecified atom stereocenters. The van der Waals surface area contributed by atoms with Crippen molar-refractivity contribution in [2.45, 2.75) is 24.6 Å². The van der Waals surface area contributed by atoms with E-state index < -0.39 is 17.4 Å². The van der Waals surface area contributed by atoms with E-state index in [9.17, 15) is 13.2 Å². The van der Waals surface area contributed by atoms with Crippen LogP contribution in [0.25, 0.3) is 0 Å². The minimum Gasteiger partial charge on any atom is -0.321 e. The summed E-state index contributed by atoms with van der Waals surface area (Å²) in [5.41, 5.74) is 4.20. The van der Waals surface area contributed by atoms with Gasteiger partial charge in [-0.05, 0) is 18.9 Å². The van der Waals surface area contributed by atoms with Gasteiger partial charge in [0.2, 0.25) is 0 Å². The number of nitrogens with two attached hydrogens (primary N) is 1. The normalized spacial score (nSPS) is 18.1. The van der Waals surface area contributed by atoms with Crippen molar-refractivity contribution in [2.24, 2.45) is 5.73 Å². The summed E-state index contributed by atoms with van der Waals surface area (Å²) >= 11 is 0. The molecule has 1 aromatic rings. The highest BCUT2D eigenvalue weighted by Gasteiger charge is 2.47. The van der Waals surface area contributed by atoms with Crippen LogP contribution in [0.5, 0.6) is 0 Å². The highest BCUT2D eigenvalue weighted by atomic mass is 35.5. The third-order valence-electron chi connectivity index (χ3n) is 2.40. The quantitative estimate of drug-likeness (QED) is 0.816. The summed E-state index contributed by atoms with van der Waals surface area (Å²) in [5, 5.41) is 0. The number of nitrogens with zero attached hydrogens (tertiary/aromatic N) is 1. The first-order valence-electron chi connectivity index (χ1n) is 4.25. The van der Waals surface area contributed by atoms with Crippen molar-refractivity contribution in [3.63, 3.8) is 0 Å². The molecule has 2 N–H and O–H groups in total. The minimum absolute atomic E-state index is 0. The number of hydrogen-bond donors (Lipinski definition) is 1. The van der Waals surface area contributed by atoms with Crippen LogP contribution in [-0.2, 0) is 11.7 Å². The predicted octanol–water partition coefficient (Wildman–Crippen LogP) is 2.47. The van der Waals surface area contributed by atoms with Gasteiger partial charge in [0.1, 0.15) is 5.69 Å². The molecule has 2 rings (SSSR count). The lowest BCUT2D eigenvalue weighted by Crippen LogP contribution is -2.24. The lowest BCUT2D eigenvalue weighted by atomic mass is 10.0. The first kappa shape index (κ1) is 12.3. The van der Waals surface area contributed by atoms with E-state index in [1.807, 2.05) is 0 Å². The van der Waals surface area contributed by atoms with Crippen molar-refractivity contribution in [3.05, 3.63) is 29.6 Å². The van der Waals surface area contributed by atoms with Crippen molar-refractivity contribution >= 4 is 12.4 Å². The number of rotatable bonds is 1. The molecule has 1 aliphatic rings. The van der Waals surface area contributed by atoms with E-state index in [0.29, 0.717) is 12.8 Å². The van der Waals surface area contributed by atoms with Crippen LogP contribution >= 0.6 is 12.4 Å². The minimum atomic E-state index is -4.41. The zero-order valence-corrected chi connectivity index (χ0v) is 8.53. The third kappa shape index (κ3) is 2.23. The van der Waals surface area contributed by atoms with Crippen LogP contribution in [0, 0.1) is 0 Å². The van der Waals surface area contributed by atoms with Crippen LogP contribution in [0.3, 0.4) is 0 Å². The third-order valence-corrected chi connectivity index (χ3v) is 2.40. The van der Waals surface area contributed by atoms with Crippen LogP contribution in [0.15, 0.2) is 18.3 Å². The molecule has 0 spiro atoms. The maximum Gasteiger partial charge on any atom is 0.433 e. The summed E-state index contributed by atoms with van der Waals surface area (Å²) in [5.74, 6) is 0. The van der Waals surface area contributed by atoms with E-state index in [1.165, 1.54) is 12.1 Å². The van der Waals surface area contributed by atoms with Crippen LogP contribution in [0.4, 0.5) is 13.2 Å². The summed E-state index contributed by atoms with van der Waals surface area (Å²) in [7, 11) is 0. The van der Waals surface area contributed by atoms with Crippen molar-refractivity contribution in [1.82, 2.24) is 4.98 Å². The Morgan fingerprint density at radius 2 is 1.93 bits per heavy atom. The monoisotopic (exact) mass is 238 g/mol. The maximum absolute atomic E-state index is 12.5. The molecule has 0 bridgehead atoms. The van der Waals surface area contributed by atoms with Crippen molar-refractivity contribution in [3.8, 4) is 0 Å². The summed E-state index contributed by atoms with van der Waals surface area (Å²) in [4.78, 5) is 3.35. The van der Waals surface area contributed by atoms with Crippen LogP contribution in [-0.4, -0.2) is 4.98 Å². The molecule has 0 aliphatic heterocycles. The van der Waals surface area contributed by atoms with Gasteiger partial charge in [-0.2, -0.15) is 13.2 Å². The lowest BCUT2D eigenvalue weighted by Gasteiger charge is -2.15. The highest BCUT2D eigenvalue weighted by molar-refractivity contribution is 5.85. The molecule has 0 atom stereocenters. The van der Waals surface area contributed by atoms with Gasteiger partial charge < -0.3 is 5.73 Å². The molecular weight excluding hydrogens is 229 g/mol. The SMILES string of the molecule is Cl.NC1(c2cccnc2C(F)(F)F)CC1. The standard InChI is InChI=1S/C9H9F3N2.ClH/c10-9(11,12)7-6(2-1-5-14-7)8(13)3-4-8;/h1-2,5H,3-4,13H2;1H. The van der Waals surface area contributed by atoms with E-state index in [1.54, 1.807) is 0 Å². The molecule has 0 amide bonds. The molecule has 0 radical (unpaired) electrons.